The van der Waals surface area contributed by atoms with Crippen molar-refractivity contribution in [1.82, 2.24) is 0 Å². The lowest BCUT2D eigenvalue weighted by atomic mass is 9.97. The van der Waals surface area contributed by atoms with E-state index in [0.29, 0.717) is 0 Å². The maximum absolute atomic E-state index is 12.4. The van der Waals surface area contributed by atoms with Gasteiger partial charge in [0.25, 0.3) is 0 Å². The van der Waals surface area contributed by atoms with Crippen molar-refractivity contribution in [2.75, 3.05) is 26.4 Å². The smallest absolute Gasteiger partial charge is 0.366 e. The van der Waals surface area contributed by atoms with Crippen LogP contribution in [0.1, 0.15) is 0 Å². The first-order chi connectivity index (χ1) is 43.0. The maximum Gasteiger partial charge on any atom is 0.397 e. The molecule has 0 unspecified atom stereocenters. The number of rotatable bonds is 36. The standard InChI is InChI=1S/C24H42O60S13/c25-21-17(81-94(53,54)55)13(77-90(41,42)43)9(73-86(29,30)31)5(69-21)1-65-22-18(82-95(56,57)58)14(78-91(44,45)46)10(74-87(32,33)34)6(70-22)2-66-23-19(83-96(59,60)61)15(79-92(47,48)49)11(75-88(35,36)37)7(71-23)3-67-24-20(84-97(62,63)64)16(80-93(50,51)52)12(76-89(38,39)40)8(72-24)4-68-85(26,27)28/h5-25H,1-4H2,(H,26,27,28)(H,29,30,31)(H,32,33,34)(H,35,36,37)(H,38,39,40)(H,41,42,43)(H,44,45,46)(H,47,48,49)(H,50,51,52)(H,53,54,55)(H,56,57,58)(H,59,60,61)(H,62,63,64)/t5-,6-,7-,8-,9-,10-,11-,12-,13+,14+,15+,16+,17-,18-,19-,20-,21-,22-,23-,24-/m1/s1. The van der Waals surface area contributed by atoms with Crippen LogP contribution in [0.5, 0.6) is 0 Å². The molecule has 4 saturated heterocycles. The number of hydrogen-bond acceptors (Lipinski definition) is 47. The van der Waals surface area contributed by atoms with Gasteiger partial charge in [0.15, 0.2) is 49.6 Å². The predicted molar refractivity (Wildman–Crippen MR) is 269 cm³/mol. The normalized spacial score (nSPS) is 33.1. The lowest BCUT2D eigenvalue weighted by Gasteiger charge is -2.46. The van der Waals surface area contributed by atoms with Gasteiger partial charge < -0.3 is 38.3 Å². The Morgan fingerprint density at radius 3 is 0.577 bits per heavy atom. The van der Waals surface area contributed by atoms with Crippen molar-refractivity contribution in [3.05, 3.63) is 0 Å². The molecule has 0 aromatic heterocycles. The third-order valence-electron chi connectivity index (χ3n) is 10.8. The Labute approximate surface area is 542 Å². The van der Waals surface area contributed by atoms with Crippen LogP contribution in [0.3, 0.4) is 0 Å². The summed E-state index contributed by atoms with van der Waals surface area (Å²) in [6.45, 7) is -8.64. The summed E-state index contributed by atoms with van der Waals surface area (Å²) in [4.78, 5) is 0. The SMILES string of the molecule is O=S(=O)(O)OC[C@H]1O[C@@H](OC[C@H]2O[C@@H](OC[C@H]3O[C@@H](OC[C@H]4O[C@@H](O)[C@H](OS(=O)(=O)O)[C@@H](OS(=O)(=O)O)[C@@H]4OS(=O)(=O)O)[C@H](OS(=O)(=O)O)[C@@H](OS(=O)(=O)O)[C@@H]3OS(=O)(=O)O)[C@H](OS(=O)(=O)O)[C@@H](OS(=O)(=O)O)[C@@H]2OS(=O)(=O)O)[C@H](OS(=O)(=O)O)[C@@H](OS(=O)(=O)O)[C@@H]1OS(=O)(=O)O. The van der Waals surface area contributed by atoms with E-state index in [-0.39, 0.29) is 0 Å². The van der Waals surface area contributed by atoms with Crippen molar-refractivity contribution in [2.45, 2.75) is 123 Å². The number of aliphatic hydroxyl groups excluding tert-OH is 1. The Morgan fingerprint density at radius 2 is 0.371 bits per heavy atom. The van der Waals surface area contributed by atoms with Crippen LogP contribution in [0.2, 0.25) is 0 Å². The van der Waals surface area contributed by atoms with E-state index in [4.69, 9.17) is 33.2 Å². The van der Waals surface area contributed by atoms with E-state index in [1.807, 2.05) is 0 Å². The van der Waals surface area contributed by atoms with Gasteiger partial charge in [-0.2, -0.15) is 109 Å². The molecule has 0 spiro atoms. The van der Waals surface area contributed by atoms with Gasteiger partial charge in [-0.1, -0.05) is 0 Å². The summed E-state index contributed by atoms with van der Waals surface area (Å²) in [5.74, 6) is 0. The zero-order chi connectivity index (χ0) is 75.0. The Hall–Kier alpha value is -2.01. The molecule has 73 heteroatoms. The quantitative estimate of drug-likeness (QED) is 0.0259. The molecule has 4 fully saturated rings. The third-order valence-corrected chi connectivity index (χ3v) is 16.8. The molecule has 97 heavy (non-hydrogen) atoms. The summed E-state index contributed by atoms with van der Waals surface area (Å²) in [7, 11) is -82.3. The Kier molecular flexibility index (Phi) is 28.6. The molecule has 60 nitrogen and oxygen atoms in total. The Morgan fingerprint density at radius 1 is 0.206 bits per heavy atom. The first-order valence-electron chi connectivity index (χ1n) is 22.7. The van der Waals surface area contributed by atoms with Gasteiger partial charge in [-0.3, -0.25) is 59.2 Å². The maximum atomic E-state index is 12.4. The van der Waals surface area contributed by atoms with Crippen molar-refractivity contribution in [3.8, 4) is 0 Å². The fraction of sp³-hybridized carbons (Fsp3) is 1.00. The second-order valence-electron chi connectivity index (χ2n) is 17.8. The van der Waals surface area contributed by atoms with Crippen molar-refractivity contribution in [2.24, 2.45) is 0 Å². The van der Waals surface area contributed by atoms with Gasteiger partial charge >= 0.3 is 135 Å². The monoisotopic (exact) mass is 1710 g/mol. The number of ether oxygens (including phenoxy) is 7. The van der Waals surface area contributed by atoms with Crippen LogP contribution in [0, 0.1) is 0 Å². The summed E-state index contributed by atoms with van der Waals surface area (Å²) >= 11 is 0. The number of hydrogen-bond donors (Lipinski definition) is 14. The van der Waals surface area contributed by atoms with E-state index >= 15 is 0 Å². The average molecular weight is 1710 g/mol. The highest BCUT2D eigenvalue weighted by Gasteiger charge is 2.60. The first kappa shape index (κ1) is 87.4. The summed E-state index contributed by atoms with van der Waals surface area (Å²) in [6.07, 6.45) is -67.9. The van der Waals surface area contributed by atoms with Crippen LogP contribution in [-0.4, -0.2) is 323 Å². The molecule has 0 aromatic rings. The minimum Gasteiger partial charge on any atom is -0.366 e. The first-order valence-corrected chi connectivity index (χ1v) is 40.4. The van der Waals surface area contributed by atoms with Crippen molar-refractivity contribution < 1.29 is 261 Å². The van der Waals surface area contributed by atoms with Crippen molar-refractivity contribution in [1.29, 1.82) is 0 Å². The lowest BCUT2D eigenvalue weighted by Crippen LogP contribution is -2.66. The van der Waals surface area contributed by atoms with E-state index in [1.165, 1.54) is 0 Å². The zero-order valence-corrected chi connectivity index (χ0v) is 55.3. The highest BCUT2D eigenvalue weighted by Crippen LogP contribution is 2.39. The fourth-order valence-corrected chi connectivity index (χ4v) is 14.5. The molecular weight excluding hydrogens is 1670 g/mol. The number of aliphatic hydroxyl groups is 1. The molecule has 4 heterocycles. The second kappa shape index (κ2) is 31.8. The fourth-order valence-electron chi connectivity index (χ4n) is 8.19. The predicted octanol–water partition coefficient (Wildman–Crippen LogP) is -12.0. The third kappa shape index (κ3) is 31.5. The molecule has 0 aliphatic carbocycles. The molecular formula is C24H42O60S13. The molecule has 0 bridgehead atoms. The average Bonchev–Trinajstić information content (AvgIpc) is 0.785. The molecule has 4 rings (SSSR count). The van der Waals surface area contributed by atoms with Gasteiger partial charge in [-0.25, -0.2) is 54.4 Å². The van der Waals surface area contributed by atoms with Crippen LogP contribution >= 0.6 is 0 Å². The van der Waals surface area contributed by atoms with Crippen LogP contribution in [0.15, 0.2) is 0 Å². The zero-order valence-electron chi connectivity index (χ0n) is 44.7. The molecule has 4 aliphatic rings. The van der Waals surface area contributed by atoms with E-state index in [2.05, 4.69) is 54.4 Å². The molecule has 0 aromatic carbocycles. The highest BCUT2D eigenvalue weighted by molar-refractivity contribution is 7.83. The van der Waals surface area contributed by atoms with Crippen LogP contribution in [0.25, 0.3) is 0 Å². The highest BCUT2D eigenvalue weighted by atomic mass is 32.3. The minimum absolute atomic E-state index is 2.05. The van der Waals surface area contributed by atoms with Crippen LogP contribution < -0.4 is 0 Å². The van der Waals surface area contributed by atoms with E-state index in [1.54, 1.807) is 0 Å². The Balaban J connectivity index is 2.02. The van der Waals surface area contributed by atoms with E-state index in [0.717, 1.165) is 0 Å². The molecule has 4 aliphatic heterocycles. The summed E-state index contributed by atoms with van der Waals surface area (Å²) in [5, 5.41) is 10.6. The molecule has 0 saturated carbocycles. The van der Waals surface area contributed by atoms with Crippen LogP contribution in [0.4, 0.5) is 0 Å². The summed E-state index contributed by atoms with van der Waals surface area (Å²) in [5.41, 5.74) is 0. The minimum atomic E-state index is -6.54. The van der Waals surface area contributed by atoms with Gasteiger partial charge in [-0.15, -0.1) is 0 Å². The lowest BCUT2D eigenvalue weighted by molar-refractivity contribution is -0.335. The van der Waals surface area contributed by atoms with Crippen molar-refractivity contribution in [3.63, 3.8) is 0 Å². The van der Waals surface area contributed by atoms with Gasteiger partial charge in [-0.05, 0) is 0 Å². The van der Waals surface area contributed by atoms with E-state index in [9.17, 15) is 174 Å². The largest absolute Gasteiger partial charge is 0.397 e. The van der Waals surface area contributed by atoms with Crippen LogP contribution in [-0.2, 0) is 223 Å². The second-order valence-corrected chi connectivity index (χ2v) is 31.4. The summed E-state index contributed by atoms with van der Waals surface area (Å²) in [6, 6.07) is 0. The van der Waals surface area contributed by atoms with Gasteiger partial charge in [0.1, 0.15) is 73.2 Å². The molecule has 576 valence electrons. The van der Waals surface area contributed by atoms with Crippen molar-refractivity contribution >= 4 is 135 Å². The van der Waals surface area contributed by atoms with E-state index < -0.39 is 284 Å². The van der Waals surface area contributed by atoms with Gasteiger partial charge in [0.05, 0.1) is 26.4 Å². The Bertz CT molecular complexity index is 4320. The molecule has 0 radical (unpaired) electrons. The van der Waals surface area contributed by atoms with Gasteiger partial charge in [0, 0.05) is 0 Å². The molecule has 0 amide bonds. The topological polar surface area (TPSA) is 912 Å². The summed E-state index contributed by atoms with van der Waals surface area (Å²) < 4.78 is 529. The molecule has 14 N–H and O–H groups in total. The molecule has 20 atom stereocenters. The van der Waals surface area contributed by atoms with Gasteiger partial charge in [0.2, 0.25) is 0 Å².